The van der Waals surface area contributed by atoms with Gasteiger partial charge >= 0.3 is 5.97 Å². The van der Waals surface area contributed by atoms with Gasteiger partial charge in [-0.05, 0) is 77.3 Å². The van der Waals surface area contributed by atoms with Gasteiger partial charge in [0, 0.05) is 56.0 Å². The number of aliphatic hydroxyl groups is 2. The number of nitrogens with one attached hydrogen (secondary N) is 1. The molecule has 0 radical (unpaired) electrons. The number of piperidine rings is 1. The second kappa shape index (κ2) is 18.3. The minimum Gasteiger partial charge on any atom is -0.481 e. The van der Waals surface area contributed by atoms with Crippen LogP contribution in [0.1, 0.15) is 91.6 Å². The third kappa shape index (κ3) is 10.8. The van der Waals surface area contributed by atoms with Crippen LogP contribution in [0, 0.1) is 0 Å². The lowest BCUT2D eigenvalue weighted by molar-refractivity contribution is -0.253. The van der Waals surface area contributed by atoms with E-state index in [2.05, 4.69) is 28.4 Å². The summed E-state index contributed by atoms with van der Waals surface area (Å²) in [5.74, 6) is -0.845. The number of carboxylic acids is 1. The summed E-state index contributed by atoms with van der Waals surface area (Å²) in [6, 6.07) is 31.7. The lowest BCUT2D eigenvalue weighted by Gasteiger charge is -2.42. The van der Waals surface area contributed by atoms with Gasteiger partial charge in [0.25, 0.3) is 0 Å². The van der Waals surface area contributed by atoms with Crippen molar-refractivity contribution in [3.05, 3.63) is 130 Å². The number of aliphatic hydroxyl groups excluding tert-OH is 1. The molecule has 2 aliphatic rings. The fraction of sp³-hybridized carbons (Fsp3) is 0.395. The Morgan fingerprint density at radius 3 is 2.21 bits per heavy atom. The van der Waals surface area contributed by atoms with Crippen molar-refractivity contribution in [3.63, 3.8) is 0 Å². The van der Waals surface area contributed by atoms with E-state index in [1.807, 2.05) is 78.9 Å². The molecule has 4 aromatic rings. The van der Waals surface area contributed by atoms with E-state index in [4.69, 9.17) is 26.2 Å². The first-order valence-corrected chi connectivity index (χ1v) is 18.9. The standard InChI is InChI=1S/C43H49ClN2O7/c44-37-19-17-36(18-20-37)43(51)21-23-46(24-22-43)28-38-26-39(33-11-9-30(29-47)10-12-33)53-42(52-38)34-15-13-32(14-16-34)35-6-4-5-31(25-35)27-45-40(48)7-2-1-3-8-41(49)50/h4-6,9-20,25,38-39,42,47,51H,1-3,7-8,21-24,26-29H2,(H,45,48)(H,49,50). The molecule has 3 atom stereocenters. The summed E-state index contributed by atoms with van der Waals surface area (Å²) in [5, 5.41) is 33.4. The van der Waals surface area contributed by atoms with Gasteiger partial charge in [0.1, 0.15) is 0 Å². The molecule has 9 nitrogen and oxygen atoms in total. The summed E-state index contributed by atoms with van der Waals surface area (Å²) in [5.41, 5.74) is 5.88. The van der Waals surface area contributed by atoms with E-state index in [-0.39, 0.29) is 31.1 Å². The van der Waals surface area contributed by atoms with Crippen LogP contribution in [-0.4, -0.2) is 57.8 Å². The number of hydrogen-bond acceptors (Lipinski definition) is 7. The van der Waals surface area contributed by atoms with Gasteiger partial charge in [0.05, 0.1) is 24.4 Å². The predicted molar refractivity (Wildman–Crippen MR) is 204 cm³/mol. The average molecular weight is 741 g/mol. The van der Waals surface area contributed by atoms with Crippen LogP contribution in [0.2, 0.25) is 5.02 Å². The Labute approximate surface area is 316 Å². The second-order valence-electron chi connectivity index (χ2n) is 14.2. The molecular weight excluding hydrogens is 692 g/mol. The molecule has 3 unspecified atom stereocenters. The number of rotatable bonds is 15. The van der Waals surface area contributed by atoms with Crippen LogP contribution in [-0.2, 0) is 37.8 Å². The van der Waals surface area contributed by atoms with Crippen LogP contribution in [0.5, 0.6) is 0 Å². The largest absolute Gasteiger partial charge is 0.481 e. The number of halogens is 1. The van der Waals surface area contributed by atoms with Crippen LogP contribution in [0.4, 0.5) is 0 Å². The van der Waals surface area contributed by atoms with E-state index < -0.39 is 17.9 Å². The third-order valence-corrected chi connectivity index (χ3v) is 10.6. The fourth-order valence-corrected chi connectivity index (χ4v) is 7.32. The van der Waals surface area contributed by atoms with Crippen molar-refractivity contribution in [1.82, 2.24) is 10.2 Å². The highest BCUT2D eigenvalue weighted by Crippen LogP contribution is 2.40. The monoisotopic (exact) mass is 740 g/mol. The first-order valence-electron chi connectivity index (χ1n) is 18.6. The highest BCUT2D eigenvalue weighted by atomic mass is 35.5. The first-order chi connectivity index (χ1) is 25.7. The number of amides is 1. The summed E-state index contributed by atoms with van der Waals surface area (Å²) in [4.78, 5) is 25.4. The third-order valence-electron chi connectivity index (χ3n) is 10.4. The van der Waals surface area contributed by atoms with Crippen molar-refractivity contribution in [1.29, 1.82) is 0 Å². The number of carbonyl (C=O) groups excluding carboxylic acids is 1. The number of hydrogen-bond donors (Lipinski definition) is 4. The van der Waals surface area contributed by atoms with E-state index >= 15 is 0 Å². The molecule has 10 heteroatoms. The fourth-order valence-electron chi connectivity index (χ4n) is 7.20. The Hall–Kier alpha value is -4.09. The summed E-state index contributed by atoms with van der Waals surface area (Å²) < 4.78 is 13.2. The molecule has 2 aliphatic heterocycles. The normalized spacial score (nSPS) is 20.2. The van der Waals surface area contributed by atoms with Crippen molar-refractivity contribution >= 4 is 23.5 Å². The zero-order valence-electron chi connectivity index (χ0n) is 30.0. The van der Waals surface area contributed by atoms with Crippen LogP contribution in [0.15, 0.2) is 97.1 Å². The van der Waals surface area contributed by atoms with E-state index in [1.54, 1.807) is 0 Å². The van der Waals surface area contributed by atoms with E-state index in [0.717, 1.165) is 58.5 Å². The number of nitrogens with zero attached hydrogens (tertiary/aromatic N) is 1. The quantitative estimate of drug-likeness (QED) is 0.0915. The van der Waals surface area contributed by atoms with Gasteiger partial charge in [0.15, 0.2) is 6.29 Å². The van der Waals surface area contributed by atoms with Crippen LogP contribution in [0.25, 0.3) is 11.1 Å². The van der Waals surface area contributed by atoms with Gasteiger partial charge in [-0.1, -0.05) is 96.9 Å². The Kier molecular flexibility index (Phi) is 13.3. The highest BCUT2D eigenvalue weighted by molar-refractivity contribution is 6.30. The van der Waals surface area contributed by atoms with Gasteiger partial charge in [0.2, 0.25) is 5.91 Å². The van der Waals surface area contributed by atoms with Gasteiger partial charge in [-0.25, -0.2) is 0 Å². The second-order valence-corrected chi connectivity index (χ2v) is 14.7. The van der Waals surface area contributed by atoms with E-state index in [1.165, 1.54) is 0 Å². The molecule has 2 saturated heterocycles. The van der Waals surface area contributed by atoms with Crippen molar-refractivity contribution in [2.24, 2.45) is 0 Å². The number of benzene rings is 4. The van der Waals surface area contributed by atoms with Gasteiger partial charge in [-0.2, -0.15) is 0 Å². The summed E-state index contributed by atoms with van der Waals surface area (Å²) in [6.07, 6.45) is 3.54. The minimum atomic E-state index is -0.877. The zero-order chi connectivity index (χ0) is 37.2. The maximum Gasteiger partial charge on any atom is 0.303 e. The maximum atomic E-state index is 12.3. The molecule has 0 aromatic heterocycles. The molecule has 0 bridgehead atoms. The lowest BCUT2D eigenvalue weighted by atomic mass is 9.84. The lowest BCUT2D eigenvalue weighted by Crippen LogP contribution is -2.46. The molecule has 0 saturated carbocycles. The molecule has 0 spiro atoms. The van der Waals surface area contributed by atoms with Crippen molar-refractivity contribution in [3.8, 4) is 11.1 Å². The van der Waals surface area contributed by atoms with Crippen LogP contribution in [0.3, 0.4) is 0 Å². The molecule has 4 aromatic carbocycles. The average Bonchev–Trinajstić information content (AvgIpc) is 3.18. The number of aliphatic carboxylic acids is 1. The molecular formula is C43H49ClN2O7. The zero-order valence-corrected chi connectivity index (χ0v) is 30.7. The predicted octanol–water partition coefficient (Wildman–Crippen LogP) is 7.68. The van der Waals surface area contributed by atoms with Crippen molar-refractivity contribution in [2.45, 2.75) is 88.6 Å². The number of carbonyl (C=O) groups is 2. The maximum absolute atomic E-state index is 12.3. The summed E-state index contributed by atoms with van der Waals surface area (Å²) in [7, 11) is 0. The molecule has 2 heterocycles. The Balaban J connectivity index is 1.09. The summed E-state index contributed by atoms with van der Waals surface area (Å²) in [6.45, 7) is 2.61. The Bertz CT molecular complexity index is 1790. The number of unbranched alkanes of at least 4 members (excludes halogenated alkanes) is 2. The molecule has 1 amide bonds. The molecule has 280 valence electrons. The topological polar surface area (TPSA) is 129 Å². The molecule has 6 rings (SSSR count). The van der Waals surface area contributed by atoms with Gasteiger partial charge < -0.3 is 35.0 Å². The minimum absolute atomic E-state index is 0.0149. The Morgan fingerprint density at radius 2 is 1.51 bits per heavy atom. The molecule has 4 N–H and O–H groups in total. The van der Waals surface area contributed by atoms with E-state index in [9.17, 15) is 19.8 Å². The highest BCUT2D eigenvalue weighted by Gasteiger charge is 2.37. The molecule has 0 aliphatic carbocycles. The number of likely N-dealkylation sites (tertiary alicyclic amines) is 1. The number of ether oxygens (including phenoxy) is 2. The Morgan fingerprint density at radius 1 is 0.811 bits per heavy atom. The SMILES string of the molecule is O=C(O)CCCCCC(=O)NCc1cccc(-c2ccc(C3OC(CN4CCC(O)(c5ccc(Cl)cc5)CC4)CC(c4ccc(CO)cc4)O3)cc2)c1. The van der Waals surface area contributed by atoms with Gasteiger partial charge in [-0.15, -0.1) is 0 Å². The van der Waals surface area contributed by atoms with Crippen LogP contribution < -0.4 is 5.32 Å². The molecule has 53 heavy (non-hydrogen) atoms. The smallest absolute Gasteiger partial charge is 0.303 e. The van der Waals surface area contributed by atoms with Crippen LogP contribution >= 0.6 is 11.6 Å². The summed E-state index contributed by atoms with van der Waals surface area (Å²) >= 11 is 6.09. The van der Waals surface area contributed by atoms with Gasteiger partial charge in [-0.3, -0.25) is 9.59 Å². The number of carboxylic acid groups (broad SMARTS) is 1. The molecule has 2 fully saturated rings. The first kappa shape index (κ1) is 38.6. The van der Waals surface area contributed by atoms with E-state index in [0.29, 0.717) is 56.6 Å². The van der Waals surface area contributed by atoms with Crippen molar-refractivity contribution in [2.75, 3.05) is 19.6 Å². The van der Waals surface area contributed by atoms with Crippen molar-refractivity contribution < 1.29 is 34.4 Å².